The van der Waals surface area contributed by atoms with Crippen LogP contribution >= 0.6 is 11.6 Å². The van der Waals surface area contributed by atoms with Gasteiger partial charge in [0.25, 0.3) is 5.91 Å². The average Bonchev–Trinajstić information content (AvgIpc) is 2.67. The third-order valence-electron chi connectivity index (χ3n) is 4.72. The monoisotopic (exact) mass is 371 g/mol. The number of amides is 2. The Morgan fingerprint density at radius 1 is 1.15 bits per heavy atom. The number of benzene rings is 2. The lowest BCUT2D eigenvalue weighted by atomic mass is 9.97. The molecule has 2 aromatic rings. The predicted molar refractivity (Wildman–Crippen MR) is 103 cm³/mol. The Morgan fingerprint density at radius 3 is 2.58 bits per heavy atom. The van der Waals surface area contributed by atoms with Gasteiger partial charge in [0.05, 0.1) is 5.92 Å². The van der Waals surface area contributed by atoms with E-state index in [1.807, 2.05) is 30.3 Å². The van der Waals surface area contributed by atoms with Crippen LogP contribution in [0.15, 0.2) is 48.5 Å². The zero-order chi connectivity index (χ0) is 18.5. The number of halogens is 1. The quantitative estimate of drug-likeness (QED) is 0.848. The maximum atomic E-state index is 12.3. The summed E-state index contributed by atoms with van der Waals surface area (Å²) >= 11 is 6.10. The molecular weight excluding hydrogens is 350 g/mol. The fourth-order valence-electron chi connectivity index (χ4n) is 3.19. The second-order valence-electron chi connectivity index (χ2n) is 6.51. The van der Waals surface area contributed by atoms with Crippen molar-refractivity contribution >= 4 is 29.1 Å². The molecule has 2 amide bonds. The van der Waals surface area contributed by atoms with Crippen LogP contribution in [0.1, 0.15) is 28.8 Å². The first-order valence-electron chi connectivity index (χ1n) is 8.70. The van der Waals surface area contributed by atoms with Gasteiger partial charge < -0.3 is 16.0 Å². The summed E-state index contributed by atoms with van der Waals surface area (Å²) < 4.78 is 0. The molecule has 1 unspecified atom stereocenters. The van der Waals surface area contributed by atoms with Gasteiger partial charge in [-0.25, -0.2) is 0 Å². The molecule has 0 aliphatic carbocycles. The van der Waals surface area contributed by atoms with E-state index < -0.39 is 0 Å². The summed E-state index contributed by atoms with van der Waals surface area (Å²) in [5.74, 6) is -0.502. The minimum absolute atomic E-state index is 0.109. The van der Waals surface area contributed by atoms with Crippen molar-refractivity contribution < 1.29 is 9.59 Å². The Labute approximate surface area is 158 Å². The fraction of sp³-hybridized carbons (Fsp3) is 0.300. The zero-order valence-electron chi connectivity index (χ0n) is 14.5. The molecule has 0 bridgehead atoms. The van der Waals surface area contributed by atoms with Crippen LogP contribution in [-0.4, -0.2) is 24.9 Å². The van der Waals surface area contributed by atoms with Crippen molar-refractivity contribution in [1.82, 2.24) is 5.32 Å². The molecule has 0 aromatic heterocycles. The fourth-order valence-corrected chi connectivity index (χ4v) is 3.39. The van der Waals surface area contributed by atoms with E-state index in [2.05, 4.69) is 10.2 Å². The molecular formula is C20H22ClN3O2. The highest BCUT2D eigenvalue weighted by Crippen LogP contribution is 2.23. The largest absolute Gasteiger partial charge is 0.371 e. The molecule has 0 radical (unpaired) electrons. The van der Waals surface area contributed by atoms with Gasteiger partial charge in [-0.05, 0) is 48.7 Å². The number of carbonyl (C=O) groups is 2. The van der Waals surface area contributed by atoms with Crippen LogP contribution in [0.3, 0.4) is 0 Å². The molecule has 26 heavy (non-hydrogen) atoms. The van der Waals surface area contributed by atoms with E-state index in [0.29, 0.717) is 23.7 Å². The van der Waals surface area contributed by atoms with E-state index >= 15 is 0 Å². The summed E-state index contributed by atoms with van der Waals surface area (Å²) in [6.07, 6.45) is 1.78. The lowest BCUT2D eigenvalue weighted by Crippen LogP contribution is -2.41. The highest BCUT2D eigenvalue weighted by atomic mass is 35.5. The van der Waals surface area contributed by atoms with Gasteiger partial charge in [0.1, 0.15) is 0 Å². The SMILES string of the molecule is NC(=O)C1CCCN(c2ccc(C(=O)NCc3ccccc3Cl)cc2)C1. The van der Waals surface area contributed by atoms with Crippen molar-refractivity contribution in [3.05, 3.63) is 64.7 Å². The summed E-state index contributed by atoms with van der Waals surface area (Å²) in [5, 5.41) is 3.52. The van der Waals surface area contributed by atoms with Crippen LogP contribution in [-0.2, 0) is 11.3 Å². The molecule has 1 aliphatic heterocycles. The first-order chi connectivity index (χ1) is 12.5. The lowest BCUT2D eigenvalue weighted by molar-refractivity contribution is -0.122. The summed E-state index contributed by atoms with van der Waals surface area (Å²) in [6, 6.07) is 14.8. The molecule has 0 saturated carbocycles. The van der Waals surface area contributed by atoms with E-state index in [1.54, 1.807) is 18.2 Å². The highest BCUT2D eigenvalue weighted by molar-refractivity contribution is 6.31. The van der Waals surface area contributed by atoms with Crippen molar-refractivity contribution in [2.75, 3.05) is 18.0 Å². The Kier molecular flexibility index (Phi) is 5.78. The van der Waals surface area contributed by atoms with Crippen molar-refractivity contribution in [1.29, 1.82) is 0 Å². The van der Waals surface area contributed by atoms with Gasteiger partial charge in [0.2, 0.25) is 5.91 Å². The highest BCUT2D eigenvalue weighted by Gasteiger charge is 2.24. The zero-order valence-corrected chi connectivity index (χ0v) is 15.2. The van der Waals surface area contributed by atoms with E-state index in [-0.39, 0.29) is 17.7 Å². The second kappa shape index (κ2) is 8.23. The van der Waals surface area contributed by atoms with Gasteiger partial charge in [0, 0.05) is 35.9 Å². The van der Waals surface area contributed by atoms with Gasteiger partial charge in [-0.2, -0.15) is 0 Å². The van der Waals surface area contributed by atoms with Crippen molar-refractivity contribution in [2.45, 2.75) is 19.4 Å². The number of carbonyl (C=O) groups excluding carboxylic acids is 2. The van der Waals surface area contributed by atoms with Crippen LogP contribution in [0.2, 0.25) is 5.02 Å². The molecule has 1 saturated heterocycles. The Bertz CT molecular complexity index is 792. The third-order valence-corrected chi connectivity index (χ3v) is 5.08. The van der Waals surface area contributed by atoms with Crippen LogP contribution in [0, 0.1) is 5.92 Å². The van der Waals surface area contributed by atoms with Gasteiger partial charge in [-0.3, -0.25) is 9.59 Å². The number of nitrogens with one attached hydrogen (secondary N) is 1. The van der Waals surface area contributed by atoms with Crippen LogP contribution < -0.4 is 16.0 Å². The third kappa shape index (κ3) is 4.35. The maximum Gasteiger partial charge on any atom is 0.251 e. The number of anilines is 1. The molecule has 3 rings (SSSR count). The molecule has 6 heteroatoms. The number of nitrogens with zero attached hydrogens (tertiary/aromatic N) is 1. The van der Waals surface area contributed by atoms with Crippen molar-refractivity contribution in [3.8, 4) is 0 Å². The van der Waals surface area contributed by atoms with Crippen molar-refractivity contribution in [3.63, 3.8) is 0 Å². The molecule has 0 spiro atoms. The molecule has 1 heterocycles. The van der Waals surface area contributed by atoms with E-state index in [4.69, 9.17) is 17.3 Å². The van der Waals surface area contributed by atoms with E-state index in [1.165, 1.54) is 0 Å². The summed E-state index contributed by atoms with van der Waals surface area (Å²) in [7, 11) is 0. The summed E-state index contributed by atoms with van der Waals surface area (Å²) in [4.78, 5) is 25.9. The van der Waals surface area contributed by atoms with Crippen LogP contribution in [0.5, 0.6) is 0 Å². The number of nitrogens with two attached hydrogens (primary N) is 1. The molecule has 5 nitrogen and oxygen atoms in total. The Balaban J connectivity index is 1.61. The van der Waals surface area contributed by atoms with Crippen molar-refractivity contribution in [2.24, 2.45) is 11.7 Å². The van der Waals surface area contributed by atoms with E-state index in [0.717, 1.165) is 30.6 Å². The smallest absolute Gasteiger partial charge is 0.251 e. The normalized spacial score (nSPS) is 17.0. The maximum absolute atomic E-state index is 12.3. The molecule has 2 aromatic carbocycles. The number of piperidine rings is 1. The number of primary amides is 1. The molecule has 1 fully saturated rings. The molecule has 3 N–H and O–H groups in total. The molecule has 1 atom stereocenters. The van der Waals surface area contributed by atoms with Gasteiger partial charge in [-0.1, -0.05) is 29.8 Å². The Morgan fingerprint density at radius 2 is 1.88 bits per heavy atom. The van der Waals surface area contributed by atoms with Gasteiger partial charge in [-0.15, -0.1) is 0 Å². The number of hydrogen-bond acceptors (Lipinski definition) is 3. The van der Waals surface area contributed by atoms with Crippen LogP contribution in [0.4, 0.5) is 5.69 Å². The summed E-state index contributed by atoms with van der Waals surface area (Å²) in [5.41, 5.74) is 7.90. The second-order valence-corrected chi connectivity index (χ2v) is 6.92. The van der Waals surface area contributed by atoms with Crippen LogP contribution in [0.25, 0.3) is 0 Å². The first-order valence-corrected chi connectivity index (χ1v) is 9.08. The topological polar surface area (TPSA) is 75.4 Å². The minimum Gasteiger partial charge on any atom is -0.371 e. The van der Waals surface area contributed by atoms with E-state index in [9.17, 15) is 9.59 Å². The average molecular weight is 372 g/mol. The standard InChI is InChI=1S/C20H22ClN3O2/c21-18-6-2-1-4-15(18)12-23-20(26)14-7-9-17(10-8-14)24-11-3-5-16(13-24)19(22)25/h1-2,4,6-10,16H,3,5,11-13H2,(H2,22,25)(H,23,26). The molecule has 136 valence electrons. The number of hydrogen-bond donors (Lipinski definition) is 2. The predicted octanol–water partition coefficient (Wildman–Crippen LogP) is 2.97. The minimum atomic E-state index is -0.245. The first kappa shape index (κ1) is 18.3. The molecule has 1 aliphatic rings. The lowest BCUT2D eigenvalue weighted by Gasteiger charge is -2.33. The van der Waals surface area contributed by atoms with Gasteiger partial charge >= 0.3 is 0 Å². The number of rotatable bonds is 5. The van der Waals surface area contributed by atoms with Gasteiger partial charge in [0.15, 0.2) is 0 Å². The summed E-state index contributed by atoms with van der Waals surface area (Å²) in [6.45, 7) is 1.90. The Hall–Kier alpha value is -2.53.